The van der Waals surface area contributed by atoms with Crippen LogP contribution in [0.15, 0.2) is 0 Å². The molecule has 0 rings (SSSR count). The van der Waals surface area contributed by atoms with Crippen LogP contribution in [0.2, 0.25) is 0 Å². The number of aliphatic carboxylic acids is 2. The summed E-state index contributed by atoms with van der Waals surface area (Å²) in [6.45, 7) is 3.44. The average molecular weight is 190 g/mol. The monoisotopic (exact) mass is 190 g/mol. The summed E-state index contributed by atoms with van der Waals surface area (Å²) in [7, 11) is 0. The predicted molar refractivity (Wildman–Crippen MR) is 44.3 cm³/mol. The molecule has 1 atom stereocenters. The van der Waals surface area contributed by atoms with Crippen molar-refractivity contribution in [1.29, 1.82) is 0 Å². The number of hydrogen-bond acceptors (Lipinski definition) is 3. The van der Waals surface area contributed by atoms with Crippen LogP contribution in [-0.2, 0) is 9.59 Å². The Labute approximate surface area is 76.0 Å². The lowest BCUT2D eigenvalue weighted by Gasteiger charge is -2.23. The van der Waals surface area contributed by atoms with Gasteiger partial charge in [-0.3, -0.25) is 4.79 Å². The number of rotatable bonds is 5. The smallest absolute Gasteiger partial charge is 0.336 e. The molecule has 0 aromatic rings. The van der Waals surface area contributed by atoms with Crippen LogP contribution in [0, 0.1) is 5.92 Å². The third kappa shape index (κ3) is 3.89. The van der Waals surface area contributed by atoms with Gasteiger partial charge in [-0.15, -0.1) is 0 Å². The molecule has 0 aliphatic carbocycles. The molecule has 5 nitrogen and oxygen atoms in total. The molecule has 0 radical (unpaired) electrons. The number of hydrogen-bond donors (Lipinski definition) is 3. The third-order valence-electron chi connectivity index (χ3n) is 1.59. The maximum absolute atomic E-state index is 10.6. The third-order valence-corrected chi connectivity index (χ3v) is 1.59. The normalized spacial score (nSPS) is 15.4. The van der Waals surface area contributed by atoms with Gasteiger partial charge in [-0.05, 0) is 12.3 Å². The summed E-state index contributed by atoms with van der Waals surface area (Å²) in [4.78, 5) is 20.9. The van der Waals surface area contributed by atoms with E-state index in [9.17, 15) is 14.7 Å². The molecule has 0 amide bonds. The molecule has 5 heteroatoms. The summed E-state index contributed by atoms with van der Waals surface area (Å²) < 4.78 is 0. The summed E-state index contributed by atoms with van der Waals surface area (Å²) in [5.41, 5.74) is -2.14. The number of carbonyl (C=O) groups is 2. The summed E-state index contributed by atoms with van der Waals surface area (Å²) in [6, 6.07) is 0. The van der Waals surface area contributed by atoms with Gasteiger partial charge >= 0.3 is 11.9 Å². The Balaban J connectivity index is 4.52. The molecule has 0 saturated carbocycles. The fourth-order valence-corrected chi connectivity index (χ4v) is 1.16. The first-order valence-electron chi connectivity index (χ1n) is 3.95. The van der Waals surface area contributed by atoms with Crippen LogP contribution in [0.1, 0.15) is 26.7 Å². The van der Waals surface area contributed by atoms with Gasteiger partial charge in [0, 0.05) is 0 Å². The van der Waals surface area contributed by atoms with E-state index in [-0.39, 0.29) is 12.3 Å². The van der Waals surface area contributed by atoms with Gasteiger partial charge in [-0.2, -0.15) is 0 Å². The van der Waals surface area contributed by atoms with E-state index in [1.54, 1.807) is 13.8 Å². The number of carboxylic acids is 2. The van der Waals surface area contributed by atoms with Crippen molar-refractivity contribution >= 4 is 11.9 Å². The van der Waals surface area contributed by atoms with Crippen LogP contribution in [0.25, 0.3) is 0 Å². The molecular formula is C8H14O5. The van der Waals surface area contributed by atoms with Crippen LogP contribution in [0.3, 0.4) is 0 Å². The van der Waals surface area contributed by atoms with Gasteiger partial charge in [0.05, 0.1) is 6.42 Å². The minimum Gasteiger partial charge on any atom is -0.481 e. The number of aliphatic hydroxyl groups is 1. The van der Waals surface area contributed by atoms with Crippen LogP contribution in [-0.4, -0.2) is 32.9 Å². The highest BCUT2D eigenvalue weighted by molar-refractivity contribution is 5.83. The largest absolute Gasteiger partial charge is 0.481 e. The van der Waals surface area contributed by atoms with E-state index in [2.05, 4.69) is 0 Å². The van der Waals surface area contributed by atoms with Crippen LogP contribution >= 0.6 is 0 Å². The minimum atomic E-state index is -2.14. The van der Waals surface area contributed by atoms with Crippen molar-refractivity contribution in [2.24, 2.45) is 5.92 Å². The quantitative estimate of drug-likeness (QED) is 0.580. The summed E-state index contributed by atoms with van der Waals surface area (Å²) in [5.74, 6) is -2.87. The Hall–Kier alpha value is -1.10. The predicted octanol–water partition coefficient (Wildman–Crippen LogP) is 0.323. The van der Waals surface area contributed by atoms with Crippen molar-refractivity contribution in [3.05, 3.63) is 0 Å². The second-order valence-electron chi connectivity index (χ2n) is 3.51. The molecule has 0 saturated heterocycles. The highest BCUT2D eigenvalue weighted by Crippen LogP contribution is 2.21. The van der Waals surface area contributed by atoms with E-state index in [0.29, 0.717) is 0 Å². The lowest BCUT2D eigenvalue weighted by Crippen LogP contribution is -2.41. The summed E-state index contributed by atoms with van der Waals surface area (Å²) in [5, 5.41) is 26.5. The van der Waals surface area contributed by atoms with Gasteiger partial charge in [-0.1, -0.05) is 13.8 Å². The van der Waals surface area contributed by atoms with E-state index in [1.807, 2.05) is 0 Å². The Morgan fingerprint density at radius 1 is 1.31 bits per heavy atom. The topological polar surface area (TPSA) is 94.8 Å². The van der Waals surface area contributed by atoms with E-state index < -0.39 is 24.0 Å². The molecule has 1 unspecified atom stereocenters. The SMILES string of the molecule is CC(C)CC(O)(CC(=O)O)C(=O)O. The number of carboxylic acid groups (broad SMARTS) is 2. The second-order valence-corrected chi connectivity index (χ2v) is 3.51. The molecular weight excluding hydrogens is 176 g/mol. The van der Waals surface area contributed by atoms with E-state index in [4.69, 9.17) is 10.2 Å². The van der Waals surface area contributed by atoms with Gasteiger partial charge in [0.1, 0.15) is 0 Å². The van der Waals surface area contributed by atoms with Gasteiger partial charge < -0.3 is 15.3 Å². The lowest BCUT2D eigenvalue weighted by atomic mass is 9.89. The molecule has 0 bridgehead atoms. The molecule has 0 aliphatic heterocycles. The van der Waals surface area contributed by atoms with E-state index in [0.717, 1.165) is 0 Å². The Kier molecular flexibility index (Phi) is 3.87. The van der Waals surface area contributed by atoms with Crippen LogP contribution in [0.4, 0.5) is 0 Å². The van der Waals surface area contributed by atoms with Crippen LogP contribution in [0.5, 0.6) is 0 Å². The molecule has 0 heterocycles. The molecule has 0 aromatic heterocycles. The van der Waals surface area contributed by atoms with E-state index in [1.165, 1.54) is 0 Å². The first-order valence-corrected chi connectivity index (χ1v) is 3.95. The molecule has 3 N–H and O–H groups in total. The average Bonchev–Trinajstić information content (AvgIpc) is 1.82. The zero-order chi connectivity index (χ0) is 10.6. The Bertz CT molecular complexity index is 211. The highest BCUT2D eigenvalue weighted by atomic mass is 16.4. The zero-order valence-corrected chi connectivity index (χ0v) is 7.65. The fraction of sp³-hybridized carbons (Fsp3) is 0.750. The molecule has 13 heavy (non-hydrogen) atoms. The van der Waals surface area contributed by atoms with Crippen molar-refractivity contribution in [2.75, 3.05) is 0 Å². The Morgan fingerprint density at radius 2 is 1.77 bits per heavy atom. The van der Waals surface area contributed by atoms with Crippen molar-refractivity contribution in [3.8, 4) is 0 Å². The standard InChI is InChI=1S/C8H14O5/c1-5(2)3-8(13,7(11)12)4-6(9)10/h5,13H,3-4H2,1-2H3,(H,9,10)(H,11,12). The van der Waals surface area contributed by atoms with E-state index >= 15 is 0 Å². The molecule has 0 aliphatic rings. The lowest BCUT2D eigenvalue weighted by molar-refractivity contribution is -0.167. The van der Waals surface area contributed by atoms with Gasteiger partial charge in [0.15, 0.2) is 5.60 Å². The van der Waals surface area contributed by atoms with Crippen molar-refractivity contribution in [2.45, 2.75) is 32.3 Å². The minimum absolute atomic E-state index is 0.0609. The van der Waals surface area contributed by atoms with Crippen molar-refractivity contribution in [3.63, 3.8) is 0 Å². The molecule has 0 fully saturated rings. The first kappa shape index (κ1) is 11.9. The molecule has 76 valence electrons. The van der Waals surface area contributed by atoms with Gasteiger partial charge in [-0.25, -0.2) is 4.79 Å². The maximum atomic E-state index is 10.6. The van der Waals surface area contributed by atoms with Crippen LogP contribution < -0.4 is 0 Å². The summed E-state index contributed by atoms with van der Waals surface area (Å²) in [6.07, 6.45) is -0.824. The highest BCUT2D eigenvalue weighted by Gasteiger charge is 2.38. The molecule has 0 aromatic carbocycles. The zero-order valence-electron chi connectivity index (χ0n) is 7.65. The molecule has 0 spiro atoms. The summed E-state index contributed by atoms with van der Waals surface area (Å²) >= 11 is 0. The first-order chi connectivity index (χ1) is 5.78. The Morgan fingerprint density at radius 3 is 2.00 bits per heavy atom. The van der Waals surface area contributed by atoms with Crippen molar-refractivity contribution in [1.82, 2.24) is 0 Å². The fourth-order valence-electron chi connectivity index (χ4n) is 1.16. The van der Waals surface area contributed by atoms with Gasteiger partial charge in [0.2, 0.25) is 0 Å². The van der Waals surface area contributed by atoms with Crippen molar-refractivity contribution < 1.29 is 24.9 Å². The second kappa shape index (κ2) is 4.23. The maximum Gasteiger partial charge on any atom is 0.336 e. The van der Waals surface area contributed by atoms with Gasteiger partial charge in [0.25, 0.3) is 0 Å².